The molecule has 0 fully saturated rings. The van der Waals surface area contributed by atoms with Crippen molar-refractivity contribution in [3.05, 3.63) is 66.5 Å². The summed E-state index contributed by atoms with van der Waals surface area (Å²) in [5.74, 6) is 1.43. The summed E-state index contributed by atoms with van der Waals surface area (Å²) < 4.78 is 19.9. The number of aryl methyl sites for hydroxylation is 1. The van der Waals surface area contributed by atoms with Crippen LogP contribution in [0.3, 0.4) is 0 Å². The number of alkyl halides is 1. The van der Waals surface area contributed by atoms with Crippen LogP contribution in [0.1, 0.15) is 109 Å². The number of hydrogen-bond donors (Lipinski definition) is 0. The molecule has 0 N–H and O–H groups in total. The fourth-order valence-corrected chi connectivity index (χ4v) is 4.89. The van der Waals surface area contributed by atoms with Gasteiger partial charge in [-0.05, 0) is 42.5 Å². The van der Waals surface area contributed by atoms with Crippen molar-refractivity contribution >= 4 is 0 Å². The first-order valence-corrected chi connectivity index (χ1v) is 15.5. The second-order valence-corrected chi connectivity index (χ2v) is 10.9. The Morgan fingerprint density at radius 1 is 0.615 bits per heavy atom. The molecule has 0 aliphatic rings. The zero-order chi connectivity index (χ0) is 27.5. The maximum atomic E-state index is 14.2. The highest BCUT2D eigenvalue weighted by molar-refractivity contribution is 5.64. The lowest BCUT2D eigenvalue weighted by atomic mass is 10.0. The summed E-state index contributed by atoms with van der Waals surface area (Å²) in [5, 5.41) is 0. The number of halogens is 1. The first-order valence-electron chi connectivity index (χ1n) is 15.5. The summed E-state index contributed by atoms with van der Waals surface area (Å²) in [4.78, 5) is 9.22. The molecule has 1 aromatic heterocycles. The minimum atomic E-state index is -0.911. The fourth-order valence-electron chi connectivity index (χ4n) is 4.89. The number of nitrogens with zero attached hydrogens (tertiary/aromatic N) is 2. The third-order valence-corrected chi connectivity index (χ3v) is 7.42. The Kier molecular flexibility index (Phi) is 14.6. The first-order chi connectivity index (χ1) is 19.2. The molecule has 0 spiro atoms. The third kappa shape index (κ3) is 11.9. The van der Waals surface area contributed by atoms with Crippen molar-refractivity contribution in [2.45, 2.75) is 116 Å². The zero-order valence-corrected chi connectivity index (χ0v) is 24.3. The lowest BCUT2D eigenvalue weighted by molar-refractivity contribution is 0.184. The van der Waals surface area contributed by atoms with Gasteiger partial charge in [0.25, 0.3) is 0 Å². The molecular formula is C35H49FN2O. The quantitative estimate of drug-likeness (QED) is 0.136. The average molecular weight is 533 g/mol. The number of hydrogen-bond acceptors (Lipinski definition) is 3. The normalized spacial score (nSPS) is 12.0. The molecule has 0 saturated heterocycles. The molecule has 212 valence electrons. The van der Waals surface area contributed by atoms with Crippen LogP contribution < -0.4 is 4.74 Å². The molecule has 2 aromatic carbocycles. The molecule has 1 unspecified atom stereocenters. The summed E-state index contributed by atoms with van der Waals surface area (Å²) in [6, 6.07) is 16.4. The van der Waals surface area contributed by atoms with Crippen molar-refractivity contribution in [2.75, 3.05) is 6.61 Å². The highest BCUT2D eigenvalue weighted by Gasteiger charge is 2.08. The number of aromatic nitrogens is 2. The largest absolute Gasteiger partial charge is 0.491 e. The lowest BCUT2D eigenvalue weighted by Crippen LogP contribution is -2.12. The van der Waals surface area contributed by atoms with Gasteiger partial charge < -0.3 is 4.74 Å². The van der Waals surface area contributed by atoms with Gasteiger partial charge in [-0.15, -0.1) is 0 Å². The molecule has 1 heterocycles. The number of rotatable bonds is 20. The molecular weight excluding hydrogens is 483 g/mol. The molecule has 3 nitrogen and oxygen atoms in total. The number of unbranched alkanes of at least 4 members (excludes halogenated alkanes) is 11. The molecule has 3 aromatic rings. The molecule has 0 aliphatic heterocycles. The van der Waals surface area contributed by atoms with E-state index in [1.165, 1.54) is 76.2 Å². The van der Waals surface area contributed by atoms with Crippen LogP contribution in [-0.2, 0) is 6.42 Å². The summed E-state index contributed by atoms with van der Waals surface area (Å²) >= 11 is 0. The van der Waals surface area contributed by atoms with Crippen LogP contribution >= 0.6 is 0 Å². The maximum absolute atomic E-state index is 14.2. The molecule has 1 atom stereocenters. The van der Waals surface area contributed by atoms with Crippen molar-refractivity contribution in [1.29, 1.82) is 0 Å². The van der Waals surface area contributed by atoms with E-state index < -0.39 is 6.17 Å². The summed E-state index contributed by atoms with van der Waals surface area (Å²) in [5.41, 5.74) is 4.39. The predicted molar refractivity (Wildman–Crippen MR) is 163 cm³/mol. The van der Waals surface area contributed by atoms with E-state index in [-0.39, 0.29) is 6.61 Å². The number of benzene rings is 2. The van der Waals surface area contributed by atoms with E-state index in [0.29, 0.717) is 12.2 Å². The maximum Gasteiger partial charge on any atom is 0.159 e. The van der Waals surface area contributed by atoms with Gasteiger partial charge in [-0.25, -0.2) is 14.4 Å². The molecule has 0 aliphatic carbocycles. The van der Waals surface area contributed by atoms with Gasteiger partial charge in [-0.1, -0.05) is 127 Å². The Bertz CT molecular complexity index is 1020. The van der Waals surface area contributed by atoms with Crippen LogP contribution in [-0.4, -0.2) is 22.7 Å². The summed E-state index contributed by atoms with van der Waals surface area (Å²) in [7, 11) is 0. The first kappa shape index (κ1) is 30.8. The molecule has 4 heteroatoms. The predicted octanol–water partition coefficient (Wildman–Crippen LogP) is 10.6. The summed E-state index contributed by atoms with van der Waals surface area (Å²) in [6.07, 6.45) is 20.9. The molecule has 0 bridgehead atoms. The smallest absolute Gasteiger partial charge is 0.159 e. The van der Waals surface area contributed by atoms with E-state index in [4.69, 9.17) is 4.74 Å². The second kappa shape index (κ2) is 18.5. The van der Waals surface area contributed by atoms with E-state index in [2.05, 4.69) is 48.1 Å². The third-order valence-electron chi connectivity index (χ3n) is 7.42. The molecule has 0 saturated carbocycles. The van der Waals surface area contributed by atoms with Crippen molar-refractivity contribution in [3.8, 4) is 28.3 Å². The van der Waals surface area contributed by atoms with E-state index in [1.54, 1.807) is 0 Å². The standard InChI is InChI=1S/C35H49FN2O/c1-3-5-7-9-11-12-14-16-29-18-20-31(21-19-29)35-37-26-32(27-38-35)30-22-24-34(25-23-30)39-28-33(36)17-15-13-10-8-6-4-2/h18-27,33H,3-17,28H2,1-2H3. The monoisotopic (exact) mass is 532 g/mol. The van der Waals surface area contributed by atoms with E-state index in [0.717, 1.165) is 41.8 Å². The topological polar surface area (TPSA) is 35.0 Å². The van der Waals surface area contributed by atoms with E-state index >= 15 is 0 Å². The van der Waals surface area contributed by atoms with Gasteiger partial charge in [-0.2, -0.15) is 0 Å². The van der Waals surface area contributed by atoms with Gasteiger partial charge in [0.05, 0.1) is 0 Å². The van der Waals surface area contributed by atoms with Gasteiger partial charge in [-0.3, -0.25) is 0 Å². The Morgan fingerprint density at radius 3 is 1.77 bits per heavy atom. The highest BCUT2D eigenvalue weighted by Crippen LogP contribution is 2.24. The van der Waals surface area contributed by atoms with E-state index in [9.17, 15) is 4.39 Å². The van der Waals surface area contributed by atoms with Crippen molar-refractivity contribution in [2.24, 2.45) is 0 Å². The SMILES string of the molecule is CCCCCCCCCc1ccc(-c2ncc(-c3ccc(OCC(F)CCCCCCCC)cc3)cn2)cc1. The minimum Gasteiger partial charge on any atom is -0.491 e. The van der Waals surface area contributed by atoms with Gasteiger partial charge in [0.1, 0.15) is 18.5 Å². The van der Waals surface area contributed by atoms with Gasteiger partial charge in [0, 0.05) is 23.5 Å². The lowest BCUT2D eigenvalue weighted by Gasteiger charge is -2.11. The van der Waals surface area contributed by atoms with Crippen LogP contribution in [0.5, 0.6) is 5.75 Å². The zero-order valence-electron chi connectivity index (χ0n) is 24.3. The van der Waals surface area contributed by atoms with Crippen LogP contribution in [0.4, 0.5) is 4.39 Å². The fraction of sp³-hybridized carbons (Fsp3) is 0.543. The molecule has 0 amide bonds. The van der Waals surface area contributed by atoms with E-state index in [1.807, 2.05) is 36.7 Å². The van der Waals surface area contributed by atoms with Gasteiger partial charge in [0.2, 0.25) is 0 Å². The molecule has 39 heavy (non-hydrogen) atoms. The van der Waals surface area contributed by atoms with Crippen molar-refractivity contribution < 1.29 is 9.13 Å². The Morgan fingerprint density at radius 2 is 1.15 bits per heavy atom. The Balaban J connectivity index is 1.40. The van der Waals surface area contributed by atoms with Crippen LogP contribution in [0, 0.1) is 0 Å². The Labute approximate surface area is 236 Å². The molecule has 3 rings (SSSR count). The van der Waals surface area contributed by atoms with Crippen LogP contribution in [0.2, 0.25) is 0 Å². The average Bonchev–Trinajstić information content (AvgIpc) is 2.98. The Hall–Kier alpha value is -2.75. The van der Waals surface area contributed by atoms with Gasteiger partial charge >= 0.3 is 0 Å². The number of ether oxygens (including phenoxy) is 1. The van der Waals surface area contributed by atoms with Crippen LogP contribution in [0.15, 0.2) is 60.9 Å². The second-order valence-electron chi connectivity index (χ2n) is 10.9. The highest BCUT2D eigenvalue weighted by atomic mass is 19.1. The van der Waals surface area contributed by atoms with Crippen molar-refractivity contribution in [1.82, 2.24) is 9.97 Å². The summed E-state index contributed by atoms with van der Waals surface area (Å²) in [6.45, 7) is 4.59. The van der Waals surface area contributed by atoms with Gasteiger partial charge in [0.15, 0.2) is 5.82 Å². The molecule has 0 radical (unpaired) electrons. The van der Waals surface area contributed by atoms with Crippen LogP contribution in [0.25, 0.3) is 22.5 Å². The van der Waals surface area contributed by atoms with Crippen molar-refractivity contribution in [3.63, 3.8) is 0 Å². The minimum absolute atomic E-state index is 0.115.